The molecule has 7 rings (SSSR count). The Hall–Kier alpha value is -0.646. The summed E-state index contributed by atoms with van der Waals surface area (Å²) in [5.74, 6) is -1.33. The van der Waals surface area contributed by atoms with Gasteiger partial charge in [0.15, 0.2) is 58.6 Å². The van der Waals surface area contributed by atoms with Gasteiger partial charge in [-0.25, -0.2) is 8.42 Å². The third-order valence-electron chi connectivity index (χ3n) is 26.5. The van der Waals surface area contributed by atoms with Crippen molar-refractivity contribution in [1.82, 2.24) is 0 Å². The molecule has 0 bridgehead atoms. The highest BCUT2D eigenvalue weighted by atomic mass is 127. The van der Waals surface area contributed by atoms with E-state index in [-0.39, 0.29) is 85.0 Å². The van der Waals surface area contributed by atoms with Gasteiger partial charge in [0.25, 0.3) is 0 Å². The lowest BCUT2D eigenvalue weighted by Gasteiger charge is -2.56. The van der Waals surface area contributed by atoms with E-state index in [0.29, 0.717) is 44.3 Å². The lowest BCUT2D eigenvalue weighted by molar-refractivity contribution is -0.268. The van der Waals surface area contributed by atoms with Gasteiger partial charge in [0.1, 0.15) is 30.2 Å². The van der Waals surface area contributed by atoms with Crippen LogP contribution in [0.4, 0.5) is 0 Å². The van der Waals surface area contributed by atoms with Crippen molar-refractivity contribution in [2.24, 2.45) is 11.8 Å². The Morgan fingerprint density at radius 2 is 1.24 bits per heavy atom. The van der Waals surface area contributed by atoms with Crippen LogP contribution in [0.3, 0.4) is 0 Å². The SMILES string of the molecule is C=C1C[C@H](CCC2OCCCO2)O[C@H]1CC[C@H]1C[C@@H](C)C(=C)[C@@H](C[C@@H]2O[C@H](C[C@@H](CO[Si](C)(C)C(C)(C)C)O[Si](C)(C)C(C)(C)C)[C@H](OC)[C@H]2CC(=O)C(c2cc([SH](=O)=O)ccc2CC)[C@H]2CC[C@@H]3O[C@@H](C(/C=C/I)O[Si](C)(C)C(C)(C)C)C(O[Si](C)(C)C(C)(C)C)C(O[Si](C)(C)C(C)(C)C)[C@H]3O2)O1. The summed E-state index contributed by atoms with van der Waals surface area (Å²) < 4.78 is 122. The zero-order valence-corrected chi connectivity index (χ0v) is 78.0. The molecule has 6 fully saturated rings. The minimum atomic E-state index is -3.03. The van der Waals surface area contributed by atoms with E-state index in [2.05, 4.69) is 218 Å². The van der Waals surface area contributed by atoms with Crippen LogP contribution < -0.4 is 0 Å². The number of hydrogen-bond acceptors (Lipinski definition) is 16. The molecule has 18 atom stereocenters. The molecule has 0 N–H and O–H groups in total. The molecule has 23 heteroatoms. The van der Waals surface area contributed by atoms with Crippen LogP contribution in [0.2, 0.25) is 90.7 Å². The van der Waals surface area contributed by atoms with E-state index in [9.17, 15) is 8.42 Å². The highest BCUT2D eigenvalue weighted by Crippen LogP contribution is 2.51. The van der Waals surface area contributed by atoms with E-state index in [1.807, 2.05) is 10.1 Å². The Morgan fingerprint density at radius 1 is 0.673 bits per heavy atom. The van der Waals surface area contributed by atoms with Crippen molar-refractivity contribution in [3.63, 3.8) is 0 Å². The number of aryl methyl sites for hydroxylation is 1. The predicted molar refractivity (Wildman–Crippen MR) is 443 cm³/mol. The monoisotopic (exact) mass is 1670 g/mol. The Labute approximate surface area is 652 Å². The second kappa shape index (κ2) is 35.8. The van der Waals surface area contributed by atoms with Crippen LogP contribution in [-0.2, 0) is 81.9 Å². The van der Waals surface area contributed by atoms with Crippen LogP contribution in [0.5, 0.6) is 0 Å². The normalized spacial score (nSPS) is 30.3. The van der Waals surface area contributed by atoms with Gasteiger partial charge in [-0.2, -0.15) is 0 Å². The minimum absolute atomic E-state index is 0.0393. The zero-order valence-electron chi connectivity index (χ0n) is 69.9. The van der Waals surface area contributed by atoms with Crippen LogP contribution >= 0.6 is 22.6 Å². The van der Waals surface area contributed by atoms with E-state index in [4.69, 9.17) is 66.6 Å². The van der Waals surface area contributed by atoms with E-state index in [1.165, 1.54) is 0 Å². The molecule has 6 heterocycles. The average Bonchev–Trinajstić information content (AvgIpc) is 0.973. The standard InChI is InChI=1S/C81H145IO16SSi5/c1-31-55-33-36-59(99(84)85)48-60(55)71(64-38-39-65-73(93-64)75(97-103(27,28)80(14,15)16)76(98-104(29,30)81(17,18)19)74(94-65)66(41-42-82)96-102(25,26)79(11,12)13)62(83)49-61-68(92-69(72(61)86-20)47-58(95-101(23,24)78(8,9)10)51-89-100(21,22)77(5,6)7)50-67-54(4)52(2)45-56(91-67)34-37-63-53(3)46-57(90-63)35-40-70-87-43-32-44-88-70/h33,36,41-42,48,52,56-58,61,63-76,99H,3-4,31-32,34-35,37-40,43-47,49-51H2,1-2,5-30H3/b42-41+/t52-,56+,57+,58+,61+,63+,64-,65+,66?,67-,68+,69-,71?,72-,73+,74+,75?,76?/m1/s1. The van der Waals surface area contributed by atoms with Crippen LogP contribution in [-0.4, -0.2) is 181 Å². The highest BCUT2D eigenvalue weighted by molar-refractivity contribution is 14.1. The van der Waals surface area contributed by atoms with Gasteiger partial charge in [0.2, 0.25) is 0 Å². The number of halogens is 1. The molecule has 0 aliphatic carbocycles. The van der Waals surface area contributed by atoms with Gasteiger partial charge in [-0.3, -0.25) is 4.79 Å². The van der Waals surface area contributed by atoms with Gasteiger partial charge in [-0.1, -0.05) is 160 Å². The first-order valence-electron chi connectivity index (χ1n) is 39.6. The minimum Gasteiger partial charge on any atom is -0.414 e. The van der Waals surface area contributed by atoms with Gasteiger partial charge < -0.3 is 60.0 Å². The first-order valence-corrected chi connectivity index (χ1v) is 56.6. The summed E-state index contributed by atoms with van der Waals surface area (Å²) in [4.78, 5) is 17.1. The summed E-state index contributed by atoms with van der Waals surface area (Å²) in [5.41, 5.74) is 3.66. The molecule has 598 valence electrons. The van der Waals surface area contributed by atoms with Crippen molar-refractivity contribution in [2.45, 2.75) is 400 Å². The first-order chi connectivity index (χ1) is 47.8. The lowest BCUT2D eigenvalue weighted by atomic mass is 9.76. The molecule has 16 nitrogen and oxygen atoms in total. The fourth-order valence-corrected chi connectivity index (χ4v) is 21.7. The maximum atomic E-state index is 17.0. The quantitative estimate of drug-likeness (QED) is 0.0322. The number of fused-ring (bicyclic) bond motifs is 1. The summed E-state index contributed by atoms with van der Waals surface area (Å²) in [6.45, 7) is 72.4. The number of methoxy groups -OCH3 is 1. The van der Waals surface area contributed by atoms with Crippen LogP contribution in [0, 0.1) is 11.8 Å². The summed E-state index contributed by atoms with van der Waals surface area (Å²) >= 11 is 2.31. The van der Waals surface area contributed by atoms with E-state index >= 15 is 4.79 Å². The van der Waals surface area contributed by atoms with Crippen molar-refractivity contribution in [3.05, 3.63) is 63.8 Å². The van der Waals surface area contributed by atoms with Crippen molar-refractivity contribution in [1.29, 1.82) is 0 Å². The maximum absolute atomic E-state index is 17.0. The molecule has 0 saturated carbocycles. The summed E-state index contributed by atoms with van der Waals surface area (Å²) in [5, 5.41) is -0.642. The van der Waals surface area contributed by atoms with Crippen LogP contribution in [0.25, 0.3) is 0 Å². The summed E-state index contributed by atoms with van der Waals surface area (Å²) in [6.07, 6.45) is 3.63. The third-order valence-corrected chi connectivity index (χ3v) is 50.0. The second-order valence-electron chi connectivity index (χ2n) is 39.2. The topological polar surface area (TPSA) is 171 Å². The molecule has 0 amide bonds. The fraction of sp³-hybridized carbons (Fsp3) is 0.840. The molecule has 0 spiro atoms. The molecule has 104 heavy (non-hydrogen) atoms. The molecule has 0 aromatic heterocycles. The number of carbonyl (C=O) groups excluding carboxylic acids is 1. The summed E-state index contributed by atoms with van der Waals surface area (Å²) in [7, 11) is -13.8. The van der Waals surface area contributed by atoms with Gasteiger partial charge >= 0.3 is 0 Å². The van der Waals surface area contributed by atoms with E-state index in [0.717, 1.165) is 74.9 Å². The molecule has 4 unspecified atom stereocenters. The Morgan fingerprint density at radius 3 is 1.80 bits per heavy atom. The van der Waals surface area contributed by atoms with Gasteiger partial charge in [-0.05, 0) is 199 Å². The van der Waals surface area contributed by atoms with Crippen molar-refractivity contribution >= 4 is 80.7 Å². The molecule has 6 saturated heterocycles. The number of carbonyl (C=O) groups is 1. The molecule has 6 aliphatic rings. The summed E-state index contributed by atoms with van der Waals surface area (Å²) in [6, 6.07) is 5.28. The van der Waals surface area contributed by atoms with Gasteiger partial charge in [0, 0.05) is 38.7 Å². The van der Waals surface area contributed by atoms with Gasteiger partial charge in [0.05, 0.1) is 97.8 Å². The number of benzene rings is 1. The van der Waals surface area contributed by atoms with E-state index in [1.54, 1.807) is 19.2 Å². The number of rotatable bonds is 31. The average molecular weight is 1670 g/mol. The Bertz CT molecular complexity index is 3110. The number of ether oxygens (including phenoxy) is 8. The molecule has 1 aromatic rings. The Balaban J connectivity index is 1.33. The van der Waals surface area contributed by atoms with Crippen molar-refractivity contribution in [2.75, 3.05) is 26.9 Å². The van der Waals surface area contributed by atoms with E-state index < -0.39 is 125 Å². The number of hydrogen-bond donors (Lipinski definition) is 1. The maximum Gasteiger partial charge on any atom is 0.193 e. The highest BCUT2D eigenvalue weighted by Gasteiger charge is 2.60. The van der Waals surface area contributed by atoms with Crippen LogP contribution in [0.1, 0.15) is 212 Å². The predicted octanol–water partition coefficient (Wildman–Crippen LogP) is 19.7. The largest absolute Gasteiger partial charge is 0.414 e. The molecular weight excluding hydrogens is 1530 g/mol. The number of Topliss-reactive ketones (excluding diaryl/α,β-unsaturated/α-hetero) is 1. The van der Waals surface area contributed by atoms with Crippen molar-refractivity contribution in [3.8, 4) is 0 Å². The number of thiol groups is 1. The molecule has 6 aliphatic heterocycles. The lowest BCUT2D eigenvalue weighted by Crippen LogP contribution is -2.69. The molecule has 1 aromatic carbocycles. The smallest absolute Gasteiger partial charge is 0.193 e. The third kappa shape index (κ3) is 22.4. The zero-order chi connectivity index (χ0) is 78.1. The van der Waals surface area contributed by atoms with Crippen molar-refractivity contribution < 1.29 is 73.2 Å². The second-order valence-corrected chi connectivity index (χ2v) is 64.8. The first kappa shape index (κ1) is 90.5. The molecular formula is C81H145IO16SSi5. The van der Waals surface area contributed by atoms with Crippen LogP contribution in [0.15, 0.2) is 57.6 Å². The van der Waals surface area contributed by atoms with Gasteiger partial charge in [-0.15, -0.1) is 0 Å². The fourth-order valence-electron chi connectivity index (χ4n) is 14.7. The molecule has 0 radical (unpaired) electrons. The Kier molecular flexibility index (Phi) is 31.2. The number of ketones is 1.